The molecule has 0 atom stereocenters. The van der Waals surface area contributed by atoms with E-state index >= 15 is 0 Å². The minimum Gasteiger partial charge on any atom is -0.452 e. The van der Waals surface area contributed by atoms with Crippen molar-refractivity contribution in [2.24, 2.45) is 0 Å². The van der Waals surface area contributed by atoms with Gasteiger partial charge in [-0.2, -0.15) is 0 Å². The molecule has 0 bridgehead atoms. The van der Waals surface area contributed by atoms with Crippen LogP contribution in [0.2, 0.25) is 5.02 Å². The number of hydrogen-bond acceptors (Lipinski definition) is 6. The van der Waals surface area contributed by atoms with Crippen molar-refractivity contribution in [2.75, 3.05) is 17.7 Å². The number of benzene rings is 2. The van der Waals surface area contributed by atoms with Crippen molar-refractivity contribution >= 4 is 40.5 Å². The standard InChI is InChI=1S/C16H14ClN3O5/c1-9-2-4-11(7-12(9)17)19-15(21)8-25-16(22)10-3-5-13(18)14(6-10)20(23)24/h2-7H,8,18H2,1H3,(H,19,21). The lowest BCUT2D eigenvalue weighted by atomic mass is 10.2. The molecule has 0 saturated heterocycles. The average molecular weight is 364 g/mol. The van der Waals surface area contributed by atoms with E-state index < -0.39 is 29.1 Å². The number of hydrogen-bond donors (Lipinski definition) is 2. The Labute approximate surface area is 147 Å². The third kappa shape index (κ3) is 4.67. The third-order valence-electron chi connectivity index (χ3n) is 3.25. The van der Waals surface area contributed by atoms with Crippen LogP contribution in [0.15, 0.2) is 36.4 Å². The number of nitrogens with one attached hydrogen (secondary N) is 1. The van der Waals surface area contributed by atoms with Crippen LogP contribution in [-0.2, 0) is 9.53 Å². The number of nitrogens with zero attached hydrogens (tertiary/aromatic N) is 1. The number of nitro benzene ring substituents is 1. The molecule has 9 heteroatoms. The lowest BCUT2D eigenvalue weighted by Gasteiger charge is -2.08. The first-order chi connectivity index (χ1) is 11.8. The first-order valence-electron chi connectivity index (χ1n) is 7.05. The third-order valence-corrected chi connectivity index (χ3v) is 3.66. The van der Waals surface area contributed by atoms with Crippen molar-refractivity contribution in [2.45, 2.75) is 6.92 Å². The Hall–Kier alpha value is -3.13. The van der Waals surface area contributed by atoms with Crippen LogP contribution in [0.4, 0.5) is 17.1 Å². The zero-order chi connectivity index (χ0) is 18.6. The summed E-state index contributed by atoms with van der Waals surface area (Å²) in [4.78, 5) is 33.8. The van der Waals surface area contributed by atoms with E-state index in [2.05, 4.69) is 5.32 Å². The molecule has 0 aliphatic heterocycles. The highest BCUT2D eigenvalue weighted by atomic mass is 35.5. The van der Waals surface area contributed by atoms with Crippen LogP contribution in [0, 0.1) is 17.0 Å². The highest BCUT2D eigenvalue weighted by Crippen LogP contribution is 2.23. The molecule has 2 rings (SSSR count). The molecule has 2 aromatic rings. The van der Waals surface area contributed by atoms with Crippen LogP contribution in [0.25, 0.3) is 0 Å². The fourth-order valence-corrected chi connectivity index (χ4v) is 2.09. The number of halogens is 1. The molecule has 0 aliphatic rings. The number of rotatable bonds is 5. The molecule has 8 nitrogen and oxygen atoms in total. The summed E-state index contributed by atoms with van der Waals surface area (Å²) in [6.07, 6.45) is 0. The molecule has 25 heavy (non-hydrogen) atoms. The van der Waals surface area contributed by atoms with E-state index in [0.29, 0.717) is 10.7 Å². The van der Waals surface area contributed by atoms with Gasteiger partial charge in [-0.05, 0) is 36.8 Å². The van der Waals surface area contributed by atoms with Gasteiger partial charge in [0.25, 0.3) is 11.6 Å². The summed E-state index contributed by atoms with van der Waals surface area (Å²) in [7, 11) is 0. The summed E-state index contributed by atoms with van der Waals surface area (Å²) in [5, 5.41) is 13.8. The van der Waals surface area contributed by atoms with Crippen molar-refractivity contribution in [1.29, 1.82) is 0 Å². The zero-order valence-electron chi connectivity index (χ0n) is 13.1. The van der Waals surface area contributed by atoms with Gasteiger partial charge in [0, 0.05) is 16.8 Å². The second-order valence-corrected chi connectivity index (χ2v) is 5.53. The molecule has 130 valence electrons. The summed E-state index contributed by atoms with van der Waals surface area (Å²) < 4.78 is 4.84. The summed E-state index contributed by atoms with van der Waals surface area (Å²) in [5.74, 6) is -1.45. The van der Waals surface area contributed by atoms with Crippen LogP contribution in [0.3, 0.4) is 0 Å². The molecule has 0 radical (unpaired) electrons. The fourth-order valence-electron chi connectivity index (χ4n) is 1.91. The van der Waals surface area contributed by atoms with Crippen molar-refractivity contribution < 1.29 is 19.2 Å². The van der Waals surface area contributed by atoms with Crippen molar-refractivity contribution in [3.05, 3.63) is 62.7 Å². The maximum atomic E-state index is 11.9. The molecule has 0 aliphatic carbocycles. The van der Waals surface area contributed by atoms with Gasteiger partial charge in [-0.1, -0.05) is 17.7 Å². The number of carbonyl (C=O) groups is 2. The Morgan fingerprint density at radius 3 is 2.64 bits per heavy atom. The second kappa shape index (κ2) is 7.63. The van der Waals surface area contributed by atoms with Crippen LogP contribution in [0.5, 0.6) is 0 Å². The molecule has 3 N–H and O–H groups in total. The summed E-state index contributed by atoms with van der Waals surface area (Å²) in [6.45, 7) is 1.27. The van der Waals surface area contributed by atoms with Gasteiger partial charge in [0.15, 0.2) is 6.61 Å². The number of ether oxygens (including phenoxy) is 1. The van der Waals surface area contributed by atoms with Gasteiger partial charge in [0.1, 0.15) is 5.69 Å². The largest absolute Gasteiger partial charge is 0.452 e. The van der Waals surface area contributed by atoms with Crippen molar-refractivity contribution in [3.8, 4) is 0 Å². The highest BCUT2D eigenvalue weighted by molar-refractivity contribution is 6.31. The number of anilines is 2. The number of amides is 1. The van der Waals surface area contributed by atoms with Crippen molar-refractivity contribution in [3.63, 3.8) is 0 Å². The summed E-state index contributed by atoms with van der Waals surface area (Å²) in [6, 6.07) is 8.46. The maximum Gasteiger partial charge on any atom is 0.338 e. The average Bonchev–Trinajstić information content (AvgIpc) is 2.56. The predicted octanol–water partition coefficient (Wildman–Crippen LogP) is 2.93. The monoisotopic (exact) mass is 363 g/mol. The number of carbonyl (C=O) groups excluding carboxylic acids is 2. The van der Waals surface area contributed by atoms with Crippen molar-refractivity contribution in [1.82, 2.24) is 0 Å². The second-order valence-electron chi connectivity index (χ2n) is 5.12. The number of esters is 1. The van der Waals surface area contributed by atoms with E-state index in [0.717, 1.165) is 11.6 Å². The highest BCUT2D eigenvalue weighted by Gasteiger charge is 2.17. The first-order valence-corrected chi connectivity index (χ1v) is 7.43. The minimum atomic E-state index is -0.875. The summed E-state index contributed by atoms with van der Waals surface area (Å²) in [5.41, 5.74) is 6.21. The number of nitrogens with two attached hydrogens (primary N) is 1. The van der Waals surface area contributed by atoms with Gasteiger partial charge in [-0.25, -0.2) is 4.79 Å². The molecular formula is C16H14ClN3O5. The van der Waals surface area contributed by atoms with E-state index in [1.807, 2.05) is 6.92 Å². The molecule has 2 aromatic carbocycles. The van der Waals surface area contributed by atoms with Gasteiger partial charge < -0.3 is 15.8 Å². The smallest absolute Gasteiger partial charge is 0.338 e. The number of aryl methyl sites for hydroxylation is 1. The van der Waals surface area contributed by atoms with E-state index in [1.165, 1.54) is 12.1 Å². The van der Waals surface area contributed by atoms with Gasteiger partial charge >= 0.3 is 5.97 Å². The van der Waals surface area contributed by atoms with Gasteiger partial charge in [-0.3, -0.25) is 14.9 Å². The van der Waals surface area contributed by atoms with E-state index in [9.17, 15) is 19.7 Å². The van der Waals surface area contributed by atoms with Gasteiger partial charge in [0.05, 0.1) is 10.5 Å². The molecule has 0 saturated carbocycles. The maximum absolute atomic E-state index is 11.9. The number of nitro groups is 1. The number of nitrogen functional groups attached to an aromatic ring is 1. The Morgan fingerprint density at radius 1 is 1.28 bits per heavy atom. The topological polar surface area (TPSA) is 125 Å². The molecule has 0 fully saturated rings. The fraction of sp³-hybridized carbons (Fsp3) is 0.125. The van der Waals surface area contributed by atoms with E-state index in [1.54, 1.807) is 18.2 Å². The SMILES string of the molecule is Cc1ccc(NC(=O)COC(=O)c2ccc(N)c([N+](=O)[O-])c2)cc1Cl. The molecule has 0 unspecified atom stereocenters. The zero-order valence-corrected chi connectivity index (χ0v) is 13.9. The van der Waals surface area contributed by atoms with E-state index in [4.69, 9.17) is 22.1 Å². The molecule has 0 spiro atoms. The Kier molecular flexibility index (Phi) is 5.56. The van der Waals surface area contributed by atoms with Gasteiger partial charge in [0.2, 0.25) is 0 Å². The Balaban J connectivity index is 1.97. The summed E-state index contributed by atoms with van der Waals surface area (Å²) >= 11 is 5.96. The Morgan fingerprint density at radius 2 is 2.00 bits per heavy atom. The normalized spacial score (nSPS) is 10.2. The van der Waals surface area contributed by atoms with Crippen LogP contribution in [0.1, 0.15) is 15.9 Å². The van der Waals surface area contributed by atoms with Gasteiger partial charge in [-0.15, -0.1) is 0 Å². The Bertz CT molecular complexity index is 854. The lowest BCUT2D eigenvalue weighted by molar-refractivity contribution is -0.383. The lowest BCUT2D eigenvalue weighted by Crippen LogP contribution is -2.21. The van der Waals surface area contributed by atoms with Crippen LogP contribution < -0.4 is 11.1 Å². The van der Waals surface area contributed by atoms with Crippen LogP contribution in [-0.4, -0.2) is 23.4 Å². The predicted molar refractivity (Wildman–Crippen MR) is 92.6 cm³/mol. The van der Waals surface area contributed by atoms with E-state index in [-0.39, 0.29) is 11.3 Å². The van der Waals surface area contributed by atoms with Crippen LogP contribution >= 0.6 is 11.6 Å². The minimum absolute atomic E-state index is 0.0736. The molecular weight excluding hydrogens is 350 g/mol. The first kappa shape index (κ1) is 18.2. The molecule has 0 heterocycles. The molecule has 1 amide bonds. The quantitative estimate of drug-likeness (QED) is 0.364. The molecule has 0 aromatic heterocycles.